The highest BCUT2D eigenvalue weighted by Gasteiger charge is 2.33. The number of phenols is 1. The smallest absolute Gasteiger partial charge is 0.125 e. The van der Waals surface area contributed by atoms with Crippen LogP contribution in [0.4, 0.5) is 0 Å². The minimum Gasteiger partial charge on any atom is -0.507 e. The molecule has 0 bridgehead atoms. The van der Waals surface area contributed by atoms with Crippen LogP contribution < -0.4 is 0 Å². The van der Waals surface area contributed by atoms with Crippen molar-refractivity contribution in [3.05, 3.63) is 36.3 Å². The van der Waals surface area contributed by atoms with Crippen molar-refractivity contribution < 1.29 is 10.2 Å². The van der Waals surface area contributed by atoms with Gasteiger partial charge in [0, 0.05) is 5.56 Å². The number of imidazole rings is 1. The highest BCUT2D eigenvalue weighted by atomic mass is 16.3. The predicted octanol–water partition coefficient (Wildman–Crippen LogP) is 3.49. The van der Waals surface area contributed by atoms with Gasteiger partial charge in [-0.2, -0.15) is 0 Å². The lowest BCUT2D eigenvalue weighted by Crippen LogP contribution is -2.26. The lowest BCUT2D eigenvalue weighted by Gasteiger charge is -2.29. The second-order valence-electron chi connectivity index (χ2n) is 6.64. The largest absolute Gasteiger partial charge is 0.507 e. The van der Waals surface area contributed by atoms with Gasteiger partial charge in [0.15, 0.2) is 0 Å². The first kappa shape index (κ1) is 13.8. The molecule has 4 heteroatoms. The third-order valence-corrected chi connectivity index (χ3v) is 5.35. The summed E-state index contributed by atoms with van der Waals surface area (Å²) in [5.41, 5.74) is 2.93. The van der Waals surface area contributed by atoms with Crippen LogP contribution in [0.5, 0.6) is 5.75 Å². The maximum Gasteiger partial charge on any atom is 0.125 e. The van der Waals surface area contributed by atoms with E-state index in [1.54, 1.807) is 12.3 Å². The molecule has 0 spiro atoms. The zero-order valence-electron chi connectivity index (χ0n) is 12.7. The monoisotopic (exact) mass is 298 g/mol. The molecular weight excluding hydrogens is 276 g/mol. The van der Waals surface area contributed by atoms with Crippen molar-refractivity contribution in [3.8, 4) is 17.0 Å². The SMILES string of the molecule is Oc1cccc2c1-c1cncn1C2CC(O)C1CCCCC1. The molecule has 4 rings (SSSR count). The van der Waals surface area contributed by atoms with E-state index >= 15 is 0 Å². The van der Waals surface area contributed by atoms with Crippen molar-refractivity contribution in [2.45, 2.75) is 50.7 Å². The molecule has 2 N–H and O–H groups in total. The van der Waals surface area contributed by atoms with Gasteiger partial charge >= 0.3 is 0 Å². The van der Waals surface area contributed by atoms with E-state index in [1.807, 2.05) is 12.4 Å². The molecule has 0 saturated heterocycles. The Bertz CT molecular complexity index is 673. The highest BCUT2D eigenvalue weighted by Crippen LogP contribution is 2.46. The number of aliphatic hydroxyl groups excluding tert-OH is 1. The van der Waals surface area contributed by atoms with Crippen LogP contribution in [0.2, 0.25) is 0 Å². The summed E-state index contributed by atoms with van der Waals surface area (Å²) in [5, 5.41) is 20.9. The van der Waals surface area contributed by atoms with E-state index in [0.29, 0.717) is 18.1 Å². The van der Waals surface area contributed by atoms with E-state index in [0.717, 1.165) is 29.7 Å². The van der Waals surface area contributed by atoms with Gasteiger partial charge in [-0.3, -0.25) is 0 Å². The predicted molar refractivity (Wildman–Crippen MR) is 84.7 cm³/mol. The van der Waals surface area contributed by atoms with Crippen molar-refractivity contribution in [3.63, 3.8) is 0 Å². The van der Waals surface area contributed by atoms with Gasteiger partial charge in [-0.15, -0.1) is 0 Å². The van der Waals surface area contributed by atoms with Gasteiger partial charge in [-0.25, -0.2) is 4.98 Å². The Balaban J connectivity index is 1.64. The molecule has 2 atom stereocenters. The lowest BCUT2D eigenvalue weighted by molar-refractivity contribution is 0.0686. The molecule has 4 nitrogen and oxygen atoms in total. The Morgan fingerprint density at radius 3 is 2.86 bits per heavy atom. The van der Waals surface area contributed by atoms with Gasteiger partial charge in [-0.1, -0.05) is 31.4 Å². The molecule has 1 aromatic heterocycles. The van der Waals surface area contributed by atoms with Crippen LogP contribution in [-0.2, 0) is 0 Å². The van der Waals surface area contributed by atoms with Crippen LogP contribution in [0.3, 0.4) is 0 Å². The molecule has 1 aliphatic carbocycles. The molecule has 0 radical (unpaired) electrons. The first-order valence-electron chi connectivity index (χ1n) is 8.28. The normalized spacial score (nSPS) is 22.3. The average Bonchev–Trinajstić information content (AvgIpc) is 3.11. The van der Waals surface area contributed by atoms with Crippen molar-refractivity contribution in [2.75, 3.05) is 0 Å². The topological polar surface area (TPSA) is 58.3 Å². The van der Waals surface area contributed by atoms with Crippen molar-refractivity contribution in [2.24, 2.45) is 5.92 Å². The van der Waals surface area contributed by atoms with Crippen LogP contribution in [0.1, 0.15) is 50.1 Å². The molecule has 1 aromatic carbocycles. The molecule has 0 amide bonds. The number of hydrogen-bond acceptors (Lipinski definition) is 3. The Morgan fingerprint density at radius 1 is 1.23 bits per heavy atom. The van der Waals surface area contributed by atoms with E-state index in [9.17, 15) is 10.2 Å². The molecule has 1 aliphatic heterocycles. The van der Waals surface area contributed by atoms with Gasteiger partial charge < -0.3 is 14.8 Å². The number of hydrogen-bond donors (Lipinski definition) is 2. The van der Waals surface area contributed by atoms with Gasteiger partial charge in [0.25, 0.3) is 0 Å². The van der Waals surface area contributed by atoms with Crippen LogP contribution in [-0.4, -0.2) is 25.9 Å². The summed E-state index contributed by atoms with van der Waals surface area (Å²) in [6, 6.07) is 5.74. The number of benzene rings is 1. The average molecular weight is 298 g/mol. The van der Waals surface area contributed by atoms with Crippen LogP contribution in [0.15, 0.2) is 30.7 Å². The third kappa shape index (κ3) is 2.13. The Labute approximate surface area is 130 Å². The van der Waals surface area contributed by atoms with E-state index < -0.39 is 0 Å². The number of aliphatic hydroxyl groups is 1. The summed E-state index contributed by atoms with van der Waals surface area (Å²) in [6.07, 6.45) is 10.1. The zero-order chi connectivity index (χ0) is 15.1. The first-order valence-corrected chi connectivity index (χ1v) is 8.28. The number of rotatable bonds is 3. The lowest BCUT2D eigenvalue weighted by atomic mass is 9.82. The molecule has 2 unspecified atom stereocenters. The summed E-state index contributed by atoms with van der Waals surface area (Å²) in [7, 11) is 0. The maximum absolute atomic E-state index is 10.7. The van der Waals surface area contributed by atoms with Gasteiger partial charge in [0.1, 0.15) is 5.75 Å². The molecule has 2 aromatic rings. The third-order valence-electron chi connectivity index (χ3n) is 5.35. The quantitative estimate of drug-likeness (QED) is 0.912. The summed E-state index contributed by atoms with van der Waals surface area (Å²) in [5.74, 6) is 0.719. The van der Waals surface area contributed by atoms with E-state index in [2.05, 4.69) is 15.6 Å². The fourth-order valence-electron chi connectivity index (χ4n) is 4.19. The summed E-state index contributed by atoms with van der Waals surface area (Å²) in [4.78, 5) is 4.22. The number of nitrogens with zero attached hydrogens (tertiary/aromatic N) is 2. The number of fused-ring (bicyclic) bond motifs is 3. The number of aromatic hydroxyl groups is 1. The molecule has 2 heterocycles. The Kier molecular flexibility index (Phi) is 3.41. The molecule has 1 saturated carbocycles. The second kappa shape index (κ2) is 5.43. The molecular formula is C18H22N2O2. The summed E-state index contributed by atoms with van der Waals surface area (Å²) >= 11 is 0. The van der Waals surface area contributed by atoms with Gasteiger partial charge in [0.05, 0.1) is 30.4 Å². The summed E-state index contributed by atoms with van der Waals surface area (Å²) in [6.45, 7) is 0. The molecule has 2 aliphatic rings. The zero-order valence-corrected chi connectivity index (χ0v) is 12.7. The minimum absolute atomic E-state index is 0.0801. The summed E-state index contributed by atoms with van der Waals surface area (Å²) < 4.78 is 2.09. The number of aromatic nitrogens is 2. The first-order chi connectivity index (χ1) is 10.8. The second-order valence-corrected chi connectivity index (χ2v) is 6.64. The Morgan fingerprint density at radius 2 is 2.05 bits per heavy atom. The maximum atomic E-state index is 10.7. The molecule has 116 valence electrons. The van der Waals surface area contributed by atoms with Gasteiger partial charge in [0.2, 0.25) is 0 Å². The van der Waals surface area contributed by atoms with Crippen molar-refractivity contribution in [1.29, 1.82) is 0 Å². The van der Waals surface area contributed by atoms with Crippen molar-refractivity contribution in [1.82, 2.24) is 9.55 Å². The minimum atomic E-state index is -0.283. The van der Waals surface area contributed by atoms with Gasteiger partial charge in [-0.05, 0) is 36.8 Å². The van der Waals surface area contributed by atoms with E-state index in [1.165, 1.54) is 19.3 Å². The Hall–Kier alpha value is -1.81. The van der Waals surface area contributed by atoms with E-state index in [-0.39, 0.29) is 12.1 Å². The van der Waals surface area contributed by atoms with Crippen LogP contribution in [0, 0.1) is 5.92 Å². The fraction of sp³-hybridized carbons (Fsp3) is 0.500. The standard InChI is InChI=1S/C18H22N2O2/c21-16-8-4-7-13-14(20-11-19-10-15(20)18(13)16)9-17(22)12-5-2-1-3-6-12/h4,7-8,10-12,14,17,21-22H,1-3,5-6,9H2. The van der Waals surface area contributed by atoms with E-state index in [4.69, 9.17) is 0 Å². The van der Waals surface area contributed by atoms with Crippen LogP contribution >= 0.6 is 0 Å². The molecule has 22 heavy (non-hydrogen) atoms. The van der Waals surface area contributed by atoms with Crippen molar-refractivity contribution >= 4 is 0 Å². The molecule has 1 fully saturated rings. The van der Waals surface area contributed by atoms with Crippen LogP contribution in [0.25, 0.3) is 11.3 Å². The highest BCUT2D eigenvalue weighted by molar-refractivity contribution is 5.75. The number of phenolic OH excluding ortho intramolecular Hbond substituents is 1. The fourth-order valence-corrected chi connectivity index (χ4v) is 4.19.